The summed E-state index contributed by atoms with van der Waals surface area (Å²) in [5, 5.41) is 16.0. The highest BCUT2D eigenvalue weighted by Crippen LogP contribution is 2.22. The van der Waals surface area contributed by atoms with Crippen LogP contribution in [0.3, 0.4) is 0 Å². The second-order valence-corrected chi connectivity index (χ2v) is 5.85. The molecule has 18 heavy (non-hydrogen) atoms. The van der Waals surface area contributed by atoms with Gasteiger partial charge < -0.3 is 15.7 Å². The molecule has 0 radical (unpaired) electrons. The number of rotatable bonds is 5. The zero-order chi connectivity index (χ0) is 13.8. The molecule has 0 spiro atoms. The van der Waals surface area contributed by atoms with E-state index in [1.165, 1.54) is 18.3 Å². The number of hydrogen-bond donors (Lipinski definition) is 3. The van der Waals surface area contributed by atoms with E-state index in [9.17, 15) is 9.59 Å². The molecule has 0 aliphatic rings. The Balaban J connectivity index is 2.52. The fourth-order valence-electron chi connectivity index (χ4n) is 1.20. The van der Waals surface area contributed by atoms with Gasteiger partial charge in [-0.1, -0.05) is 6.92 Å². The molecule has 1 atom stereocenters. The lowest BCUT2D eigenvalue weighted by atomic mass is 10.00. The Hall–Kier alpha value is -1.08. The Morgan fingerprint density at radius 2 is 2.22 bits per heavy atom. The van der Waals surface area contributed by atoms with E-state index in [1.54, 1.807) is 6.92 Å². The lowest BCUT2D eigenvalue weighted by molar-refractivity contribution is -0.143. The van der Waals surface area contributed by atoms with Crippen LogP contribution in [0, 0.1) is 0 Å². The van der Waals surface area contributed by atoms with Crippen molar-refractivity contribution in [3.8, 4) is 0 Å². The summed E-state index contributed by atoms with van der Waals surface area (Å²) in [4.78, 5) is 23.6. The molecule has 1 aromatic heterocycles. The van der Waals surface area contributed by atoms with Crippen LogP contribution in [-0.4, -0.2) is 22.6 Å². The molecule has 0 aliphatic carbocycles. The van der Waals surface area contributed by atoms with Crippen molar-refractivity contribution in [1.82, 2.24) is 10.6 Å². The van der Waals surface area contributed by atoms with E-state index in [0.29, 0.717) is 13.0 Å². The summed E-state index contributed by atoms with van der Waals surface area (Å²) in [6.45, 7) is 3.56. The van der Waals surface area contributed by atoms with Gasteiger partial charge in [-0.2, -0.15) is 0 Å². The van der Waals surface area contributed by atoms with E-state index >= 15 is 0 Å². The minimum Gasteiger partial charge on any atom is -0.480 e. The third kappa shape index (κ3) is 3.71. The minimum atomic E-state index is -1.24. The first-order valence-electron chi connectivity index (χ1n) is 5.40. The highest BCUT2D eigenvalue weighted by atomic mass is 79.9. The summed E-state index contributed by atoms with van der Waals surface area (Å²) in [5.74, 6) is -1.04. The number of halogens is 1. The van der Waals surface area contributed by atoms with Gasteiger partial charge in [0.25, 0.3) is 0 Å². The second kappa shape index (κ2) is 6.19. The molecule has 0 saturated carbocycles. The highest BCUT2D eigenvalue weighted by molar-refractivity contribution is 9.10. The normalized spacial score (nSPS) is 13.7. The zero-order valence-corrected chi connectivity index (χ0v) is 12.5. The SMILES string of the molecule is CCC(C)(NC(=O)NCc1sccc1Br)C(=O)O. The number of thiophene rings is 1. The van der Waals surface area contributed by atoms with Crippen molar-refractivity contribution < 1.29 is 14.7 Å². The molecule has 0 saturated heterocycles. The van der Waals surface area contributed by atoms with Gasteiger partial charge in [0.2, 0.25) is 0 Å². The predicted octanol–water partition coefficient (Wildman–Crippen LogP) is 2.56. The predicted molar refractivity (Wildman–Crippen MR) is 73.7 cm³/mol. The summed E-state index contributed by atoms with van der Waals surface area (Å²) in [6.07, 6.45) is 0.318. The van der Waals surface area contributed by atoms with E-state index < -0.39 is 17.5 Å². The van der Waals surface area contributed by atoms with E-state index in [-0.39, 0.29) is 0 Å². The number of amides is 2. The Labute approximate surface area is 118 Å². The zero-order valence-electron chi connectivity index (χ0n) is 10.1. The Morgan fingerprint density at radius 1 is 1.56 bits per heavy atom. The number of urea groups is 1. The first-order valence-corrected chi connectivity index (χ1v) is 7.07. The summed E-state index contributed by atoms with van der Waals surface area (Å²) in [5.41, 5.74) is -1.24. The fraction of sp³-hybridized carbons (Fsp3) is 0.455. The molecule has 7 heteroatoms. The Kier molecular flexibility index (Phi) is 5.15. The monoisotopic (exact) mass is 334 g/mol. The van der Waals surface area contributed by atoms with Crippen molar-refractivity contribution in [3.63, 3.8) is 0 Å². The van der Waals surface area contributed by atoms with Crippen LogP contribution in [0.4, 0.5) is 4.79 Å². The van der Waals surface area contributed by atoms with Crippen molar-refractivity contribution >= 4 is 39.3 Å². The van der Waals surface area contributed by atoms with Gasteiger partial charge in [-0.15, -0.1) is 11.3 Å². The lowest BCUT2D eigenvalue weighted by Gasteiger charge is -2.24. The number of aliphatic carboxylic acids is 1. The largest absolute Gasteiger partial charge is 0.480 e. The maximum Gasteiger partial charge on any atom is 0.329 e. The van der Waals surface area contributed by atoms with Crippen LogP contribution in [0.2, 0.25) is 0 Å². The van der Waals surface area contributed by atoms with Gasteiger partial charge in [-0.25, -0.2) is 9.59 Å². The highest BCUT2D eigenvalue weighted by Gasteiger charge is 2.32. The molecule has 0 aliphatic heterocycles. The second-order valence-electron chi connectivity index (χ2n) is 3.99. The molecule has 0 fully saturated rings. The Bertz CT molecular complexity index is 449. The standard InChI is InChI=1S/C11H15BrN2O3S/c1-3-11(2,9(15)16)14-10(17)13-6-8-7(12)4-5-18-8/h4-5H,3,6H2,1-2H3,(H,15,16)(H2,13,14,17). The van der Waals surface area contributed by atoms with Crippen molar-refractivity contribution in [2.75, 3.05) is 0 Å². The Morgan fingerprint density at radius 3 is 2.67 bits per heavy atom. The molecule has 100 valence electrons. The van der Waals surface area contributed by atoms with E-state index in [4.69, 9.17) is 5.11 Å². The number of nitrogens with one attached hydrogen (secondary N) is 2. The van der Waals surface area contributed by atoms with Gasteiger partial charge in [0.15, 0.2) is 0 Å². The third-order valence-corrected chi connectivity index (χ3v) is 4.60. The van der Waals surface area contributed by atoms with Crippen LogP contribution in [-0.2, 0) is 11.3 Å². The van der Waals surface area contributed by atoms with Crippen LogP contribution in [0.1, 0.15) is 25.1 Å². The van der Waals surface area contributed by atoms with Gasteiger partial charge in [0.1, 0.15) is 5.54 Å². The molecule has 0 aromatic carbocycles. The lowest BCUT2D eigenvalue weighted by Crippen LogP contribution is -2.54. The molecule has 1 unspecified atom stereocenters. The van der Waals surface area contributed by atoms with Crippen LogP contribution >= 0.6 is 27.3 Å². The van der Waals surface area contributed by atoms with E-state index in [1.807, 2.05) is 11.4 Å². The van der Waals surface area contributed by atoms with Crippen LogP contribution in [0.5, 0.6) is 0 Å². The van der Waals surface area contributed by atoms with E-state index in [0.717, 1.165) is 9.35 Å². The molecule has 1 heterocycles. The number of carboxylic acids is 1. The summed E-state index contributed by atoms with van der Waals surface area (Å²) >= 11 is 4.88. The smallest absolute Gasteiger partial charge is 0.329 e. The summed E-state index contributed by atoms with van der Waals surface area (Å²) in [7, 11) is 0. The average molecular weight is 335 g/mol. The average Bonchev–Trinajstić information content (AvgIpc) is 2.72. The van der Waals surface area contributed by atoms with Crippen LogP contribution in [0.15, 0.2) is 15.9 Å². The third-order valence-electron chi connectivity index (χ3n) is 2.67. The van der Waals surface area contributed by atoms with Crippen molar-refractivity contribution in [1.29, 1.82) is 0 Å². The van der Waals surface area contributed by atoms with Gasteiger partial charge in [-0.3, -0.25) is 0 Å². The van der Waals surface area contributed by atoms with Gasteiger partial charge in [-0.05, 0) is 40.7 Å². The quantitative estimate of drug-likeness (QED) is 0.774. The molecule has 2 amide bonds. The van der Waals surface area contributed by atoms with Gasteiger partial charge in [0.05, 0.1) is 6.54 Å². The molecule has 3 N–H and O–H groups in total. The topological polar surface area (TPSA) is 78.4 Å². The fourth-order valence-corrected chi connectivity index (χ4v) is 2.63. The maximum absolute atomic E-state index is 11.6. The van der Waals surface area contributed by atoms with Crippen molar-refractivity contribution in [3.05, 3.63) is 20.8 Å². The molecule has 1 aromatic rings. The van der Waals surface area contributed by atoms with E-state index in [2.05, 4.69) is 26.6 Å². The number of carbonyl (C=O) groups is 2. The van der Waals surface area contributed by atoms with Gasteiger partial charge >= 0.3 is 12.0 Å². The molecular formula is C11H15BrN2O3S. The molecule has 5 nitrogen and oxygen atoms in total. The molecular weight excluding hydrogens is 320 g/mol. The van der Waals surface area contributed by atoms with Gasteiger partial charge in [0, 0.05) is 9.35 Å². The first-order chi connectivity index (χ1) is 8.39. The molecule has 1 rings (SSSR count). The summed E-state index contributed by atoms with van der Waals surface area (Å²) in [6, 6.07) is 1.41. The minimum absolute atomic E-state index is 0.318. The summed E-state index contributed by atoms with van der Waals surface area (Å²) < 4.78 is 0.935. The van der Waals surface area contributed by atoms with Crippen LogP contribution < -0.4 is 10.6 Å². The number of carboxylic acid groups (broad SMARTS) is 1. The first kappa shape index (κ1) is 15.0. The maximum atomic E-state index is 11.6. The van der Waals surface area contributed by atoms with Crippen molar-refractivity contribution in [2.45, 2.75) is 32.4 Å². The van der Waals surface area contributed by atoms with Crippen molar-refractivity contribution in [2.24, 2.45) is 0 Å². The number of hydrogen-bond acceptors (Lipinski definition) is 3. The van der Waals surface area contributed by atoms with Crippen LogP contribution in [0.25, 0.3) is 0 Å². The molecule has 0 bridgehead atoms. The number of carbonyl (C=O) groups excluding carboxylic acids is 1.